The Morgan fingerprint density at radius 1 is 1.48 bits per heavy atom. The van der Waals surface area contributed by atoms with Gasteiger partial charge in [0, 0.05) is 12.5 Å². The van der Waals surface area contributed by atoms with Crippen LogP contribution in [0.3, 0.4) is 0 Å². The van der Waals surface area contributed by atoms with E-state index < -0.39 is 11.6 Å². The van der Waals surface area contributed by atoms with Crippen molar-refractivity contribution in [3.05, 3.63) is 24.3 Å². The van der Waals surface area contributed by atoms with E-state index in [0.717, 1.165) is 12.8 Å². The summed E-state index contributed by atoms with van der Waals surface area (Å²) in [6, 6.07) is 0. The first-order valence-electron chi connectivity index (χ1n) is 7.44. The molecule has 1 unspecified atom stereocenters. The molecule has 0 amide bonds. The van der Waals surface area contributed by atoms with Crippen LogP contribution in [0.4, 0.5) is 0 Å². The zero-order chi connectivity index (χ0) is 15.6. The number of unbranched alkanes of at least 4 members (excludes halogenated alkanes) is 1. The summed E-state index contributed by atoms with van der Waals surface area (Å²) in [7, 11) is 0. The molecule has 1 saturated heterocycles. The van der Waals surface area contributed by atoms with Crippen LogP contribution in [-0.2, 0) is 19.1 Å². The molecule has 0 aromatic carbocycles. The Kier molecular flexibility index (Phi) is 7.75. The van der Waals surface area contributed by atoms with Gasteiger partial charge in [0.1, 0.15) is 0 Å². The van der Waals surface area contributed by atoms with E-state index in [1.165, 1.54) is 6.08 Å². The van der Waals surface area contributed by atoms with Gasteiger partial charge in [-0.3, -0.25) is 4.79 Å². The van der Waals surface area contributed by atoms with Gasteiger partial charge in [-0.1, -0.05) is 31.6 Å². The maximum atomic E-state index is 11.4. The lowest BCUT2D eigenvalue weighted by Crippen LogP contribution is -2.38. The summed E-state index contributed by atoms with van der Waals surface area (Å²) in [6.07, 6.45) is 10.3. The number of ether oxygens (including phenoxy) is 2. The molecule has 1 heterocycles. The molecule has 21 heavy (non-hydrogen) atoms. The first kappa shape index (κ1) is 17.4. The first-order valence-corrected chi connectivity index (χ1v) is 7.44. The van der Waals surface area contributed by atoms with Gasteiger partial charge in [-0.05, 0) is 19.3 Å². The second-order valence-electron chi connectivity index (χ2n) is 5.22. The number of rotatable bonds is 8. The highest BCUT2D eigenvalue weighted by Crippen LogP contribution is 2.26. The third-order valence-corrected chi connectivity index (χ3v) is 3.27. The molecule has 5 nitrogen and oxygen atoms in total. The molecule has 1 aliphatic rings. The second kappa shape index (κ2) is 9.34. The topological polar surface area (TPSA) is 72.8 Å². The maximum Gasteiger partial charge on any atom is 0.330 e. The Hall–Kier alpha value is -1.62. The molecule has 1 N–H and O–H groups in total. The molecule has 5 heteroatoms. The van der Waals surface area contributed by atoms with Crippen molar-refractivity contribution in [3.63, 3.8) is 0 Å². The van der Waals surface area contributed by atoms with E-state index in [4.69, 9.17) is 9.47 Å². The van der Waals surface area contributed by atoms with Crippen molar-refractivity contribution in [2.75, 3.05) is 13.2 Å². The summed E-state index contributed by atoms with van der Waals surface area (Å²) in [5.74, 6) is -0.770. The van der Waals surface area contributed by atoms with Crippen molar-refractivity contribution in [2.45, 2.75) is 51.0 Å². The van der Waals surface area contributed by atoms with Gasteiger partial charge in [0.05, 0.1) is 25.2 Å². The minimum Gasteiger partial charge on any atom is -0.465 e. The van der Waals surface area contributed by atoms with Gasteiger partial charge in [0.15, 0.2) is 0 Å². The molecule has 0 aliphatic carbocycles. The van der Waals surface area contributed by atoms with Crippen molar-refractivity contribution in [3.8, 4) is 0 Å². The molecule has 0 aromatic rings. The lowest BCUT2D eigenvalue weighted by molar-refractivity contribution is -0.160. The Bertz CT molecular complexity index is 399. The van der Waals surface area contributed by atoms with Crippen LogP contribution in [0.1, 0.15) is 45.4 Å². The van der Waals surface area contributed by atoms with Gasteiger partial charge in [0.2, 0.25) is 0 Å². The lowest BCUT2D eigenvalue weighted by Gasteiger charge is -2.30. The van der Waals surface area contributed by atoms with Crippen molar-refractivity contribution in [2.24, 2.45) is 0 Å². The highest BCUT2D eigenvalue weighted by molar-refractivity contribution is 5.82. The average Bonchev–Trinajstić information content (AvgIpc) is 2.43. The summed E-state index contributed by atoms with van der Waals surface area (Å²) in [4.78, 5) is 22.5. The van der Waals surface area contributed by atoms with Crippen LogP contribution in [-0.4, -0.2) is 35.9 Å². The van der Waals surface area contributed by atoms with Gasteiger partial charge >= 0.3 is 11.9 Å². The van der Waals surface area contributed by atoms with E-state index in [1.54, 1.807) is 6.08 Å². The third kappa shape index (κ3) is 7.66. The Labute approximate surface area is 125 Å². The third-order valence-electron chi connectivity index (χ3n) is 3.27. The SMILES string of the molecule is CCCC=CC=CC(=O)OCCCC1(O)CCOC(=O)C1. The summed E-state index contributed by atoms with van der Waals surface area (Å²) in [6.45, 7) is 2.57. The van der Waals surface area contributed by atoms with Crippen molar-refractivity contribution in [1.82, 2.24) is 0 Å². The van der Waals surface area contributed by atoms with Crippen LogP contribution >= 0.6 is 0 Å². The fraction of sp³-hybridized carbons (Fsp3) is 0.625. The van der Waals surface area contributed by atoms with Crippen molar-refractivity contribution < 1.29 is 24.2 Å². The molecule has 1 fully saturated rings. The van der Waals surface area contributed by atoms with Crippen LogP contribution < -0.4 is 0 Å². The molecular weight excluding hydrogens is 272 g/mol. The molecule has 0 saturated carbocycles. The molecule has 0 radical (unpaired) electrons. The summed E-state index contributed by atoms with van der Waals surface area (Å²) < 4.78 is 9.81. The molecule has 1 aliphatic heterocycles. The van der Waals surface area contributed by atoms with Gasteiger partial charge in [-0.15, -0.1) is 0 Å². The Morgan fingerprint density at radius 2 is 2.29 bits per heavy atom. The highest BCUT2D eigenvalue weighted by atomic mass is 16.5. The van der Waals surface area contributed by atoms with Gasteiger partial charge < -0.3 is 14.6 Å². The number of carbonyl (C=O) groups is 2. The number of cyclic esters (lactones) is 1. The lowest BCUT2D eigenvalue weighted by atomic mass is 9.89. The normalized spacial score (nSPS) is 22.7. The van der Waals surface area contributed by atoms with E-state index >= 15 is 0 Å². The number of hydrogen-bond donors (Lipinski definition) is 1. The Balaban J connectivity index is 2.15. The molecule has 0 bridgehead atoms. The Morgan fingerprint density at radius 3 is 3.00 bits per heavy atom. The van der Waals surface area contributed by atoms with E-state index in [-0.39, 0.29) is 25.6 Å². The van der Waals surface area contributed by atoms with Crippen LogP contribution in [0.5, 0.6) is 0 Å². The van der Waals surface area contributed by atoms with Crippen LogP contribution in [0.15, 0.2) is 24.3 Å². The average molecular weight is 296 g/mol. The van der Waals surface area contributed by atoms with Crippen molar-refractivity contribution in [1.29, 1.82) is 0 Å². The summed E-state index contributed by atoms with van der Waals surface area (Å²) in [5, 5.41) is 10.2. The molecule has 118 valence electrons. The van der Waals surface area contributed by atoms with E-state index in [9.17, 15) is 14.7 Å². The van der Waals surface area contributed by atoms with E-state index in [1.807, 2.05) is 12.2 Å². The number of carbonyl (C=O) groups excluding carboxylic acids is 2. The van der Waals surface area contributed by atoms with Crippen molar-refractivity contribution >= 4 is 11.9 Å². The minimum absolute atomic E-state index is 0.0169. The van der Waals surface area contributed by atoms with E-state index in [0.29, 0.717) is 19.3 Å². The zero-order valence-corrected chi connectivity index (χ0v) is 12.5. The van der Waals surface area contributed by atoms with Crippen LogP contribution in [0.25, 0.3) is 0 Å². The fourth-order valence-corrected chi connectivity index (χ4v) is 2.07. The molecule has 1 atom stereocenters. The number of esters is 2. The maximum absolute atomic E-state index is 11.4. The quantitative estimate of drug-likeness (QED) is 0.322. The summed E-state index contributed by atoms with van der Waals surface area (Å²) in [5.41, 5.74) is -1.01. The van der Waals surface area contributed by atoms with E-state index in [2.05, 4.69) is 6.92 Å². The predicted octanol–water partition coefficient (Wildman–Crippen LogP) is 2.29. The van der Waals surface area contributed by atoms with Gasteiger partial charge in [0.25, 0.3) is 0 Å². The van der Waals surface area contributed by atoms with Crippen LogP contribution in [0, 0.1) is 0 Å². The molecular formula is C16H24O5. The standard InChI is InChI=1S/C16H24O5/c1-2-3-4-5-6-8-14(17)20-11-7-9-16(19)10-12-21-15(18)13-16/h4-6,8,19H,2-3,7,9-13H2,1H3. The number of aliphatic hydroxyl groups is 1. The monoisotopic (exact) mass is 296 g/mol. The van der Waals surface area contributed by atoms with Crippen LogP contribution in [0.2, 0.25) is 0 Å². The first-order chi connectivity index (χ1) is 10.1. The second-order valence-corrected chi connectivity index (χ2v) is 5.22. The molecule has 1 rings (SSSR count). The largest absolute Gasteiger partial charge is 0.465 e. The van der Waals surface area contributed by atoms with Gasteiger partial charge in [-0.25, -0.2) is 4.79 Å². The summed E-state index contributed by atoms with van der Waals surface area (Å²) >= 11 is 0. The number of allylic oxidation sites excluding steroid dienone is 3. The smallest absolute Gasteiger partial charge is 0.330 e. The molecule has 0 spiro atoms. The molecule has 0 aromatic heterocycles. The fourth-order valence-electron chi connectivity index (χ4n) is 2.07. The number of hydrogen-bond acceptors (Lipinski definition) is 5. The zero-order valence-electron chi connectivity index (χ0n) is 12.5. The predicted molar refractivity (Wildman–Crippen MR) is 78.5 cm³/mol. The van der Waals surface area contributed by atoms with Gasteiger partial charge in [-0.2, -0.15) is 0 Å². The highest BCUT2D eigenvalue weighted by Gasteiger charge is 2.34. The minimum atomic E-state index is -1.01.